The Kier molecular flexibility index (Phi) is 7.14. The number of H-pyrrole nitrogens is 1. The molecule has 1 aromatic heterocycles. The van der Waals surface area contributed by atoms with Crippen LogP contribution < -0.4 is 21.5 Å². The van der Waals surface area contributed by atoms with E-state index in [1.54, 1.807) is 6.07 Å². The van der Waals surface area contributed by atoms with Gasteiger partial charge in [0, 0.05) is 18.7 Å². The molecule has 2 amide bonds. The van der Waals surface area contributed by atoms with Crippen molar-refractivity contribution in [1.29, 1.82) is 0 Å². The van der Waals surface area contributed by atoms with Gasteiger partial charge in [0.2, 0.25) is 0 Å². The van der Waals surface area contributed by atoms with Crippen molar-refractivity contribution in [1.82, 2.24) is 14.9 Å². The van der Waals surface area contributed by atoms with Crippen molar-refractivity contribution < 1.29 is 23.1 Å². The number of carbonyl (C=O) groups is 2. The quantitative estimate of drug-likeness (QED) is 0.466. The van der Waals surface area contributed by atoms with E-state index in [1.807, 2.05) is 0 Å². The number of amides is 2. The average Bonchev–Trinajstić information content (AvgIpc) is 3.23. The predicted molar refractivity (Wildman–Crippen MR) is 129 cm³/mol. The lowest BCUT2D eigenvalue weighted by atomic mass is 10.0. The maximum Gasteiger partial charge on any atom is 0.345 e. The first-order valence-electron chi connectivity index (χ1n) is 10.7. The van der Waals surface area contributed by atoms with Crippen molar-refractivity contribution in [3.8, 4) is 11.3 Å². The highest BCUT2D eigenvalue weighted by Gasteiger charge is 2.29. The number of urea groups is 1. The minimum Gasteiger partial charge on any atom is -0.462 e. The van der Waals surface area contributed by atoms with E-state index < -0.39 is 51.8 Å². The summed E-state index contributed by atoms with van der Waals surface area (Å²) in [5.41, 5.74) is -3.69. The molecule has 0 aliphatic carbocycles. The summed E-state index contributed by atoms with van der Waals surface area (Å²) in [6.07, 6.45) is 0. The van der Waals surface area contributed by atoms with Crippen LogP contribution in [0.3, 0.4) is 0 Å². The van der Waals surface area contributed by atoms with Gasteiger partial charge < -0.3 is 15.0 Å². The van der Waals surface area contributed by atoms with Crippen LogP contribution in [0.1, 0.15) is 22.8 Å². The molecule has 2 N–H and O–H groups in total. The summed E-state index contributed by atoms with van der Waals surface area (Å²) < 4.78 is 35.6. The van der Waals surface area contributed by atoms with Gasteiger partial charge >= 0.3 is 17.7 Å². The molecule has 0 spiro atoms. The van der Waals surface area contributed by atoms with E-state index in [-0.39, 0.29) is 41.8 Å². The zero-order valence-corrected chi connectivity index (χ0v) is 20.2. The molecule has 0 unspecified atom stereocenters. The van der Waals surface area contributed by atoms with Gasteiger partial charge in [0.05, 0.1) is 28.9 Å². The van der Waals surface area contributed by atoms with Crippen LogP contribution in [0, 0.1) is 11.6 Å². The van der Waals surface area contributed by atoms with E-state index in [0.717, 1.165) is 17.0 Å². The Labute approximate surface area is 212 Å². The molecule has 1 fully saturated rings. The highest BCUT2D eigenvalue weighted by molar-refractivity contribution is 6.42. The van der Waals surface area contributed by atoms with Gasteiger partial charge in [-0.1, -0.05) is 35.3 Å². The molecule has 0 saturated carbocycles. The van der Waals surface area contributed by atoms with Crippen LogP contribution in [0.2, 0.25) is 10.0 Å². The molecule has 1 saturated heterocycles. The number of hydrogen-bond donors (Lipinski definition) is 2. The Morgan fingerprint density at radius 1 is 1.14 bits per heavy atom. The molecule has 188 valence electrons. The number of anilines is 1. The molecular formula is C23H18Cl2F2N4O5. The zero-order valence-electron chi connectivity index (χ0n) is 18.7. The largest absolute Gasteiger partial charge is 0.462 e. The van der Waals surface area contributed by atoms with Gasteiger partial charge in [-0.25, -0.2) is 23.2 Å². The maximum absolute atomic E-state index is 15.0. The molecule has 13 heteroatoms. The van der Waals surface area contributed by atoms with Crippen molar-refractivity contribution in [2.75, 3.05) is 24.6 Å². The van der Waals surface area contributed by atoms with Crippen LogP contribution in [-0.2, 0) is 11.3 Å². The van der Waals surface area contributed by atoms with Gasteiger partial charge in [0.25, 0.3) is 5.56 Å². The van der Waals surface area contributed by atoms with E-state index in [4.69, 9.17) is 27.9 Å². The maximum atomic E-state index is 15.0. The minimum atomic E-state index is -1.13. The molecule has 1 aliphatic heterocycles. The van der Waals surface area contributed by atoms with Crippen LogP contribution in [0.15, 0.2) is 39.9 Å². The number of carbonyl (C=O) groups excluding carboxylic acids is 2. The van der Waals surface area contributed by atoms with Crippen molar-refractivity contribution in [3.05, 3.63) is 84.0 Å². The first kappa shape index (κ1) is 25.4. The lowest BCUT2D eigenvalue weighted by Gasteiger charge is -2.18. The summed E-state index contributed by atoms with van der Waals surface area (Å²) in [4.78, 5) is 54.0. The third kappa shape index (κ3) is 4.59. The van der Waals surface area contributed by atoms with Gasteiger partial charge in [0.1, 0.15) is 11.3 Å². The summed E-state index contributed by atoms with van der Waals surface area (Å²) in [7, 11) is 0. The van der Waals surface area contributed by atoms with E-state index in [9.17, 15) is 28.0 Å². The number of hydrogen-bond acceptors (Lipinski definition) is 5. The lowest BCUT2D eigenvalue weighted by Crippen LogP contribution is -2.40. The Bertz CT molecular complexity index is 1480. The standard InChI is InChI=1S/C23H18Cl2F2N4O5/c1-2-36-21(33)16-18(12-8-14(26)19(15(27)9-12)30-7-6-28-22(30)34)29-23(35)31(20(16)32)10-11-4-3-5-13(24)17(11)25/h3-5,8-9H,2,6-7,10H2,1H3,(H,28,34)(H,29,35). The number of esters is 1. The Balaban J connectivity index is 1.89. The van der Waals surface area contributed by atoms with E-state index in [2.05, 4.69) is 10.3 Å². The monoisotopic (exact) mass is 538 g/mol. The summed E-state index contributed by atoms with van der Waals surface area (Å²) >= 11 is 12.2. The van der Waals surface area contributed by atoms with Crippen molar-refractivity contribution in [2.45, 2.75) is 13.5 Å². The second kappa shape index (κ2) is 10.1. The highest BCUT2D eigenvalue weighted by atomic mass is 35.5. The normalized spacial score (nSPS) is 13.1. The van der Waals surface area contributed by atoms with E-state index in [1.165, 1.54) is 19.1 Å². The lowest BCUT2D eigenvalue weighted by molar-refractivity contribution is 0.0523. The fraction of sp³-hybridized carbons (Fsp3) is 0.217. The number of aromatic nitrogens is 2. The topological polar surface area (TPSA) is 114 Å². The Morgan fingerprint density at radius 2 is 1.83 bits per heavy atom. The second-order valence-electron chi connectivity index (χ2n) is 7.68. The number of aromatic amines is 1. The molecular weight excluding hydrogens is 521 g/mol. The van der Waals surface area contributed by atoms with Crippen LogP contribution in [0.4, 0.5) is 19.3 Å². The van der Waals surface area contributed by atoms with Crippen LogP contribution >= 0.6 is 23.2 Å². The van der Waals surface area contributed by atoms with Crippen molar-refractivity contribution in [3.63, 3.8) is 0 Å². The SMILES string of the molecule is CCOC(=O)c1c(-c2cc(F)c(N3CCNC3=O)c(F)c2)[nH]c(=O)n(Cc2cccc(Cl)c2Cl)c1=O. The average molecular weight is 539 g/mol. The molecule has 1 aliphatic rings. The first-order chi connectivity index (χ1) is 17.1. The van der Waals surface area contributed by atoms with Gasteiger partial charge in [-0.05, 0) is 30.7 Å². The third-order valence-corrected chi connectivity index (χ3v) is 6.32. The number of nitrogens with zero attached hydrogens (tertiary/aromatic N) is 2. The van der Waals surface area contributed by atoms with Gasteiger partial charge in [-0.15, -0.1) is 0 Å². The number of benzene rings is 2. The fourth-order valence-corrected chi connectivity index (χ4v) is 4.20. The molecule has 2 aromatic carbocycles. The Hall–Kier alpha value is -3.70. The van der Waals surface area contributed by atoms with Crippen LogP contribution in [0.5, 0.6) is 0 Å². The molecule has 36 heavy (non-hydrogen) atoms. The zero-order chi connectivity index (χ0) is 26.1. The predicted octanol–water partition coefficient (Wildman–Crippen LogP) is 3.54. The minimum absolute atomic E-state index is 0.0407. The number of ether oxygens (including phenoxy) is 1. The van der Waals surface area contributed by atoms with Crippen molar-refractivity contribution >= 4 is 40.9 Å². The summed E-state index contributed by atoms with van der Waals surface area (Å²) in [6.45, 7) is 1.30. The molecule has 4 rings (SSSR count). The second-order valence-corrected chi connectivity index (χ2v) is 8.46. The van der Waals surface area contributed by atoms with Crippen molar-refractivity contribution in [2.24, 2.45) is 0 Å². The number of nitrogens with one attached hydrogen (secondary N) is 2. The third-order valence-electron chi connectivity index (χ3n) is 5.46. The van der Waals surface area contributed by atoms with Crippen LogP contribution in [0.25, 0.3) is 11.3 Å². The molecule has 0 atom stereocenters. The van der Waals surface area contributed by atoms with E-state index >= 15 is 0 Å². The van der Waals surface area contributed by atoms with Gasteiger partial charge in [0.15, 0.2) is 11.6 Å². The summed E-state index contributed by atoms with van der Waals surface area (Å²) in [5.74, 6) is -3.37. The highest BCUT2D eigenvalue weighted by Crippen LogP contribution is 2.31. The molecule has 3 aromatic rings. The summed E-state index contributed by atoms with van der Waals surface area (Å²) in [5, 5.41) is 2.74. The first-order valence-corrected chi connectivity index (χ1v) is 11.4. The molecule has 2 heterocycles. The molecule has 9 nitrogen and oxygen atoms in total. The van der Waals surface area contributed by atoms with Crippen LogP contribution in [-0.4, -0.2) is 41.2 Å². The number of halogens is 4. The summed E-state index contributed by atoms with van der Waals surface area (Å²) in [6, 6.07) is 5.58. The molecule has 0 bridgehead atoms. The fourth-order valence-electron chi connectivity index (χ4n) is 3.82. The Morgan fingerprint density at radius 3 is 2.44 bits per heavy atom. The van der Waals surface area contributed by atoms with Gasteiger partial charge in [-0.3, -0.25) is 14.3 Å². The smallest absolute Gasteiger partial charge is 0.345 e. The van der Waals surface area contributed by atoms with E-state index in [0.29, 0.717) is 10.1 Å². The van der Waals surface area contributed by atoms with Gasteiger partial charge in [-0.2, -0.15) is 0 Å². The number of rotatable bonds is 6. The molecule has 0 radical (unpaired) electrons.